The maximum Gasteiger partial charge on any atom is 0.128 e. The standard InChI is InChI=1S/C18H16ClFO/c1-13-5-3-6-14(2)18(13)12-21-17-10-15(7-4-8-19)9-16(20)11-17/h3,5-6,9-11H,8,12H2,1-2H3. The molecular weight excluding hydrogens is 287 g/mol. The van der Waals surface area contributed by atoms with Crippen LogP contribution >= 0.6 is 11.6 Å². The molecule has 0 aliphatic heterocycles. The van der Waals surface area contributed by atoms with E-state index in [1.807, 2.05) is 32.0 Å². The van der Waals surface area contributed by atoms with Gasteiger partial charge in [0.2, 0.25) is 0 Å². The monoisotopic (exact) mass is 302 g/mol. The van der Waals surface area contributed by atoms with Gasteiger partial charge in [0.1, 0.15) is 18.2 Å². The summed E-state index contributed by atoms with van der Waals surface area (Å²) in [5.41, 5.74) is 4.00. The summed E-state index contributed by atoms with van der Waals surface area (Å²) in [5.74, 6) is 5.82. The molecule has 0 radical (unpaired) electrons. The zero-order chi connectivity index (χ0) is 15.2. The molecule has 2 aromatic rings. The van der Waals surface area contributed by atoms with Crippen molar-refractivity contribution in [1.82, 2.24) is 0 Å². The molecule has 0 spiro atoms. The second kappa shape index (κ2) is 7.15. The predicted molar refractivity (Wildman–Crippen MR) is 84.2 cm³/mol. The van der Waals surface area contributed by atoms with Crippen molar-refractivity contribution in [2.75, 3.05) is 5.88 Å². The van der Waals surface area contributed by atoms with Crippen LogP contribution in [0.3, 0.4) is 0 Å². The Labute approximate surface area is 129 Å². The Hall–Kier alpha value is -1.98. The second-order valence-electron chi connectivity index (χ2n) is 4.77. The fraction of sp³-hybridized carbons (Fsp3) is 0.222. The summed E-state index contributed by atoms with van der Waals surface area (Å²) >= 11 is 5.51. The highest BCUT2D eigenvalue weighted by Crippen LogP contribution is 2.20. The quantitative estimate of drug-likeness (QED) is 0.594. The Morgan fingerprint density at radius 3 is 2.52 bits per heavy atom. The third-order valence-corrected chi connectivity index (χ3v) is 3.33. The van der Waals surface area contributed by atoms with Crippen LogP contribution in [0.15, 0.2) is 36.4 Å². The van der Waals surface area contributed by atoms with Gasteiger partial charge in [0.25, 0.3) is 0 Å². The molecule has 0 aliphatic rings. The first kappa shape index (κ1) is 15.4. The lowest BCUT2D eigenvalue weighted by Gasteiger charge is -2.11. The molecule has 21 heavy (non-hydrogen) atoms. The minimum atomic E-state index is -0.368. The van der Waals surface area contributed by atoms with Crippen LogP contribution in [0.1, 0.15) is 22.3 Å². The van der Waals surface area contributed by atoms with Gasteiger partial charge in [-0.25, -0.2) is 4.39 Å². The van der Waals surface area contributed by atoms with Crippen molar-refractivity contribution in [3.05, 3.63) is 64.5 Å². The van der Waals surface area contributed by atoms with Crippen molar-refractivity contribution < 1.29 is 9.13 Å². The number of rotatable bonds is 3. The lowest BCUT2D eigenvalue weighted by atomic mass is 10.0. The highest BCUT2D eigenvalue weighted by molar-refractivity contribution is 6.19. The Kier molecular flexibility index (Phi) is 5.25. The smallest absolute Gasteiger partial charge is 0.128 e. The fourth-order valence-electron chi connectivity index (χ4n) is 2.09. The van der Waals surface area contributed by atoms with E-state index >= 15 is 0 Å². The highest BCUT2D eigenvalue weighted by atomic mass is 35.5. The number of hydrogen-bond acceptors (Lipinski definition) is 1. The summed E-state index contributed by atoms with van der Waals surface area (Å²) < 4.78 is 19.3. The molecular formula is C18H16ClFO. The van der Waals surface area contributed by atoms with Crippen LogP contribution in [0.2, 0.25) is 0 Å². The van der Waals surface area contributed by atoms with Gasteiger partial charge < -0.3 is 4.74 Å². The second-order valence-corrected chi connectivity index (χ2v) is 5.04. The average molecular weight is 303 g/mol. The largest absolute Gasteiger partial charge is 0.489 e. The number of benzene rings is 2. The number of alkyl halides is 1. The van der Waals surface area contributed by atoms with E-state index in [4.69, 9.17) is 16.3 Å². The number of ether oxygens (including phenoxy) is 1. The Balaban J connectivity index is 2.18. The molecule has 3 heteroatoms. The Morgan fingerprint density at radius 1 is 1.14 bits per heavy atom. The van der Waals surface area contributed by atoms with Crippen LogP contribution in [-0.2, 0) is 6.61 Å². The maximum atomic E-state index is 13.6. The summed E-state index contributed by atoms with van der Waals surface area (Å²) in [6, 6.07) is 10.5. The van der Waals surface area contributed by atoms with Crippen molar-refractivity contribution in [3.8, 4) is 17.6 Å². The van der Waals surface area contributed by atoms with Crippen LogP contribution in [0.4, 0.5) is 4.39 Å². The first-order valence-corrected chi connectivity index (χ1v) is 7.17. The number of aryl methyl sites for hydroxylation is 2. The first-order valence-electron chi connectivity index (χ1n) is 6.63. The molecule has 0 atom stereocenters. The molecule has 0 N–H and O–H groups in total. The zero-order valence-corrected chi connectivity index (χ0v) is 12.8. The average Bonchev–Trinajstić information content (AvgIpc) is 2.44. The van der Waals surface area contributed by atoms with Gasteiger partial charge in [-0.05, 0) is 42.7 Å². The van der Waals surface area contributed by atoms with E-state index < -0.39 is 0 Å². The van der Waals surface area contributed by atoms with Crippen LogP contribution in [0.5, 0.6) is 5.75 Å². The topological polar surface area (TPSA) is 9.23 Å². The fourth-order valence-corrected chi connectivity index (χ4v) is 2.15. The lowest BCUT2D eigenvalue weighted by molar-refractivity contribution is 0.303. The summed E-state index contributed by atoms with van der Waals surface area (Å²) in [5, 5.41) is 0. The molecule has 0 heterocycles. The van der Waals surface area contributed by atoms with Crippen LogP contribution in [-0.4, -0.2) is 5.88 Å². The van der Waals surface area contributed by atoms with E-state index in [1.54, 1.807) is 6.07 Å². The molecule has 2 rings (SSSR count). The van der Waals surface area contributed by atoms with Crippen molar-refractivity contribution in [2.45, 2.75) is 20.5 Å². The minimum absolute atomic E-state index is 0.217. The molecule has 0 aromatic heterocycles. The molecule has 0 saturated carbocycles. The number of hydrogen-bond donors (Lipinski definition) is 0. The normalized spacial score (nSPS) is 9.90. The van der Waals surface area contributed by atoms with Gasteiger partial charge in [-0.1, -0.05) is 30.0 Å². The van der Waals surface area contributed by atoms with Crippen molar-refractivity contribution >= 4 is 11.6 Å². The van der Waals surface area contributed by atoms with E-state index in [9.17, 15) is 4.39 Å². The van der Waals surface area contributed by atoms with Gasteiger partial charge in [-0.15, -0.1) is 11.6 Å². The third kappa shape index (κ3) is 4.24. The van der Waals surface area contributed by atoms with Gasteiger partial charge in [0.15, 0.2) is 0 Å². The van der Waals surface area contributed by atoms with E-state index in [1.165, 1.54) is 12.1 Å². The number of halogens is 2. The van der Waals surface area contributed by atoms with Gasteiger partial charge >= 0.3 is 0 Å². The molecule has 0 fully saturated rings. The minimum Gasteiger partial charge on any atom is -0.489 e. The molecule has 0 amide bonds. The third-order valence-electron chi connectivity index (χ3n) is 3.20. The molecule has 2 aromatic carbocycles. The summed E-state index contributed by atoms with van der Waals surface area (Å²) in [4.78, 5) is 0. The summed E-state index contributed by atoms with van der Waals surface area (Å²) in [6.07, 6.45) is 0. The highest BCUT2D eigenvalue weighted by Gasteiger charge is 2.05. The van der Waals surface area contributed by atoms with Gasteiger partial charge in [0, 0.05) is 11.6 Å². The molecule has 0 aliphatic carbocycles. The summed E-state index contributed by atoms with van der Waals surface area (Å²) in [6.45, 7) is 4.48. The molecule has 0 bridgehead atoms. The van der Waals surface area contributed by atoms with E-state index in [2.05, 4.69) is 11.8 Å². The predicted octanol–water partition coefficient (Wildman–Crippen LogP) is 4.61. The lowest BCUT2D eigenvalue weighted by Crippen LogP contribution is -2.01. The van der Waals surface area contributed by atoms with Crippen LogP contribution in [0, 0.1) is 31.5 Å². The van der Waals surface area contributed by atoms with Crippen LogP contribution in [0.25, 0.3) is 0 Å². The van der Waals surface area contributed by atoms with Gasteiger partial charge in [0.05, 0.1) is 5.88 Å². The Morgan fingerprint density at radius 2 is 1.86 bits per heavy atom. The van der Waals surface area contributed by atoms with Gasteiger partial charge in [-0.2, -0.15) is 0 Å². The van der Waals surface area contributed by atoms with E-state index in [-0.39, 0.29) is 11.7 Å². The van der Waals surface area contributed by atoms with Crippen molar-refractivity contribution in [2.24, 2.45) is 0 Å². The molecule has 0 saturated heterocycles. The molecule has 0 unspecified atom stereocenters. The molecule has 108 valence electrons. The van der Waals surface area contributed by atoms with Crippen LogP contribution < -0.4 is 4.74 Å². The SMILES string of the molecule is Cc1cccc(C)c1COc1cc(F)cc(C#CCCl)c1. The van der Waals surface area contributed by atoms with Crippen molar-refractivity contribution in [1.29, 1.82) is 0 Å². The molecule has 1 nitrogen and oxygen atoms in total. The van der Waals surface area contributed by atoms with Crippen molar-refractivity contribution in [3.63, 3.8) is 0 Å². The Bertz CT molecular complexity index is 678. The maximum absolute atomic E-state index is 13.6. The summed E-state index contributed by atoms with van der Waals surface area (Å²) in [7, 11) is 0. The van der Waals surface area contributed by atoms with E-state index in [0.717, 1.165) is 16.7 Å². The first-order chi connectivity index (χ1) is 10.1. The zero-order valence-electron chi connectivity index (χ0n) is 12.0. The van der Waals surface area contributed by atoms with E-state index in [0.29, 0.717) is 17.9 Å². The van der Waals surface area contributed by atoms with Gasteiger partial charge in [-0.3, -0.25) is 0 Å².